The highest BCUT2D eigenvalue weighted by Crippen LogP contribution is 2.34. The van der Waals surface area contributed by atoms with Crippen molar-refractivity contribution >= 4 is 39.2 Å². The fourth-order valence-corrected chi connectivity index (χ4v) is 2.32. The molecule has 0 saturated carbocycles. The third-order valence-electron chi connectivity index (χ3n) is 3.18. The number of nitrogens with one attached hydrogen (secondary N) is 3. The van der Waals surface area contributed by atoms with Gasteiger partial charge < -0.3 is 20.1 Å². The lowest BCUT2D eigenvalue weighted by atomic mass is 10.3. The summed E-state index contributed by atoms with van der Waals surface area (Å²) in [6.07, 6.45) is 0. The Hall–Kier alpha value is -2.74. The van der Waals surface area contributed by atoms with Gasteiger partial charge in [-0.25, -0.2) is 4.79 Å². The zero-order valence-electron chi connectivity index (χ0n) is 12.5. The van der Waals surface area contributed by atoms with Crippen LogP contribution in [0.4, 0.5) is 16.2 Å². The highest BCUT2D eigenvalue weighted by Gasteiger charge is 2.14. The molecule has 2 aromatic rings. The molecule has 3 amide bonds. The average Bonchev–Trinajstić information content (AvgIpc) is 3.02. The highest BCUT2D eigenvalue weighted by molar-refractivity contribution is 9.10. The summed E-state index contributed by atoms with van der Waals surface area (Å²) in [6, 6.07) is 11.7. The van der Waals surface area contributed by atoms with Crippen LogP contribution in [0.15, 0.2) is 46.9 Å². The Morgan fingerprint density at radius 1 is 1.00 bits per heavy atom. The normalized spacial score (nSPS) is 11.7. The van der Waals surface area contributed by atoms with Gasteiger partial charge in [0.05, 0.1) is 6.54 Å². The Morgan fingerprint density at radius 2 is 1.71 bits per heavy atom. The summed E-state index contributed by atoms with van der Waals surface area (Å²) in [4.78, 5) is 23.6. The summed E-state index contributed by atoms with van der Waals surface area (Å²) < 4.78 is 11.4. The number of rotatable bonds is 4. The van der Waals surface area contributed by atoms with Crippen LogP contribution in [0.5, 0.6) is 11.5 Å². The van der Waals surface area contributed by atoms with Crippen LogP contribution < -0.4 is 25.4 Å². The van der Waals surface area contributed by atoms with Gasteiger partial charge in [-0.3, -0.25) is 10.1 Å². The average molecular weight is 392 g/mol. The van der Waals surface area contributed by atoms with Crippen LogP contribution in [-0.2, 0) is 4.79 Å². The molecule has 0 bridgehead atoms. The second-order valence-electron chi connectivity index (χ2n) is 4.93. The number of ether oxygens (including phenoxy) is 2. The van der Waals surface area contributed by atoms with E-state index in [1.807, 2.05) is 24.3 Å². The van der Waals surface area contributed by atoms with Gasteiger partial charge in [-0.15, -0.1) is 0 Å². The molecule has 0 atom stereocenters. The van der Waals surface area contributed by atoms with Crippen molar-refractivity contribution in [1.29, 1.82) is 0 Å². The molecular formula is C16H14BrN3O4. The molecule has 1 heterocycles. The number of fused-ring (bicyclic) bond motifs is 1. The lowest BCUT2D eigenvalue weighted by Crippen LogP contribution is -2.37. The molecule has 3 rings (SSSR count). The van der Waals surface area contributed by atoms with Gasteiger partial charge >= 0.3 is 6.03 Å². The van der Waals surface area contributed by atoms with Crippen LogP contribution >= 0.6 is 15.9 Å². The minimum atomic E-state index is -0.614. The van der Waals surface area contributed by atoms with Crippen LogP contribution in [0.1, 0.15) is 0 Å². The van der Waals surface area contributed by atoms with Crippen molar-refractivity contribution in [3.63, 3.8) is 0 Å². The predicted molar refractivity (Wildman–Crippen MR) is 92.4 cm³/mol. The Balaban J connectivity index is 1.47. The van der Waals surface area contributed by atoms with Crippen molar-refractivity contribution in [3.05, 3.63) is 46.9 Å². The van der Waals surface area contributed by atoms with Gasteiger partial charge in [0.1, 0.15) is 0 Å². The fraction of sp³-hybridized carbons (Fsp3) is 0.125. The maximum atomic E-state index is 11.8. The first-order chi connectivity index (χ1) is 11.6. The number of benzene rings is 2. The van der Waals surface area contributed by atoms with Crippen molar-refractivity contribution in [2.24, 2.45) is 0 Å². The zero-order valence-corrected chi connectivity index (χ0v) is 14.1. The zero-order chi connectivity index (χ0) is 16.9. The molecule has 0 unspecified atom stereocenters. The molecule has 124 valence electrons. The van der Waals surface area contributed by atoms with Crippen molar-refractivity contribution in [3.8, 4) is 11.5 Å². The van der Waals surface area contributed by atoms with E-state index in [2.05, 4.69) is 31.9 Å². The Bertz CT molecular complexity index is 764. The summed E-state index contributed by atoms with van der Waals surface area (Å²) in [5.41, 5.74) is 1.29. The first kappa shape index (κ1) is 16.1. The number of hydrogen-bond donors (Lipinski definition) is 3. The van der Waals surface area contributed by atoms with E-state index in [1.165, 1.54) is 0 Å². The van der Waals surface area contributed by atoms with E-state index in [-0.39, 0.29) is 13.3 Å². The molecule has 0 aromatic heterocycles. The second kappa shape index (κ2) is 7.22. The molecule has 0 radical (unpaired) electrons. The topological polar surface area (TPSA) is 88.7 Å². The smallest absolute Gasteiger partial charge is 0.325 e. The number of carbonyl (C=O) groups is 2. The van der Waals surface area contributed by atoms with Crippen molar-refractivity contribution in [2.75, 3.05) is 24.0 Å². The van der Waals surface area contributed by atoms with E-state index in [4.69, 9.17) is 9.47 Å². The quantitative estimate of drug-likeness (QED) is 0.745. The molecule has 7 nitrogen and oxygen atoms in total. The number of imide groups is 1. The number of halogens is 1. The molecule has 1 aliphatic heterocycles. The van der Waals surface area contributed by atoms with Crippen molar-refractivity contribution < 1.29 is 19.1 Å². The van der Waals surface area contributed by atoms with Crippen LogP contribution in [-0.4, -0.2) is 25.3 Å². The minimum Gasteiger partial charge on any atom is -0.454 e. The Kier molecular flexibility index (Phi) is 4.85. The standard InChI is InChI=1S/C16H14BrN3O4/c17-10-1-3-11(4-2-10)18-8-15(21)20-16(22)19-12-5-6-13-14(7-12)24-9-23-13/h1-7,18H,8-9H2,(H2,19,20,21,22). The summed E-state index contributed by atoms with van der Waals surface area (Å²) in [5, 5.41) is 7.74. The van der Waals surface area contributed by atoms with Crippen molar-refractivity contribution in [1.82, 2.24) is 5.32 Å². The SMILES string of the molecule is O=C(CNc1ccc(Br)cc1)NC(=O)Nc1ccc2c(c1)OCO2. The first-order valence-electron chi connectivity index (χ1n) is 7.10. The van der Waals surface area contributed by atoms with E-state index < -0.39 is 11.9 Å². The maximum absolute atomic E-state index is 11.8. The van der Waals surface area contributed by atoms with E-state index in [1.54, 1.807) is 18.2 Å². The van der Waals surface area contributed by atoms with Gasteiger partial charge in [0.25, 0.3) is 0 Å². The summed E-state index contributed by atoms with van der Waals surface area (Å²) in [7, 11) is 0. The van der Waals surface area contributed by atoms with Crippen molar-refractivity contribution in [2.45, 2.75) is 0 Å². The van der Waals surface area contributed by atoms with E-state index >= 15 is 0 Å². The van der Waals surface area contributed by atoms with E-state index in [0.29, 0.717) is 17.2 Å². The summed E-state index contributed by atoms with van der Waals surface area (Å²) in [6.45, 7) is 0.140. The number of carbonyl (C=O) groups excluding carboxylic acids is 2. The maximum Gasteiger partial charge on any atom is 0.325 e. The molecule has 2 aromatic carbocycles. The monoisotopic (exact) mass is 391 g/mol. The predicted octanol–water partition coefficient (Wildman–Crippen LogP) is 2.94. The second-order valence-corrected chi connectivity index (χ2v) is 5.85. The molecule has 8 heteroatoms. The summed E-state index contributed by atoms with van der Waals surface area (Å²) >= 11 is 3.33. The van der Waals surface area contributed by atoms with Gasteiger partial charge in [-0.2, -0.15) is 0 Å². The molecule has 1 aliphatic rings. The van der Waals surface area contributed by atoms with Crippen LogP contribution in [0.25, 0.3) is 0 Å². The van der Waals surface area contributed by atoms with Crippen LogP contribution in [0, 0.1) is 0 Å². The lowest BCUT2D eigenvalue weighted by molar-refractivity contribution is -0.118. The summed E-state index contributed by atoms with van der Waals surface area (Å²) in [5.74, 6) is 0.725. The molecule has 0 saturated heterocycles. The lowest BCUT2D eigenvalue weighted by Gasteiger charge is -2.09. The Labute approximate surface area is 146 Å². The number of amides is 3. The van der Waals surface area contributed by atoms with Gasteiger partial charge in [0.2, 0.25) is 12.7 Å². The molecule has 0 fully saturated rings. The third kappa shape index (κ3) is 4.17. The molecule has 24 heavy (non-hydrogen) atoms. The van der Waals surface area contributed by atoms with Gasteiger partial charge in [0.15, 0.2) is 11.5 Å². The van der Waals surface area contributed by atoms with Gasteiger partial charge in [-0.05, 0) is 36.4 Å². The minimum absolute atomic E-state index is 0.0177. The third-order valence-corrected chi connectivity index (χ3v) is 3.71. The van der Waals surface area contributed by atoms with Gasteiger partial charge in [-0.1, -0.05) is 15.9 Å². The molecule has 3 N–H and O–H groups in total. The highest BCUT2D eigenvalue weighted by atomic mass is 79.9. The number of hydrogen-bond acceptors (Lipinski definition) is 5. The Morgan fingerprint density at radius 3 is 2.50 bits per heavy atom. The van der Waals surface area contributed by atoms with Crippen LogP contribution in [0.3, 0.4) is 0 Å². The fourth-order valence-electron chi connectivity index (χ4n) is 2.06. The van der Waals surface area contributed by atoms with E-state index in [0.717, 1.165) is 10.2 Å². The number of urea groups is 1. The van der Waals surface area contributed by atoms with E-state index in [9.17, 15) is 9.59 Å². The molecular weight excluding hydrogens is 378 g/mol. The van der Waals surface area contributed by atoms with Crippen LogP contribution in [0.2, 0.25) is 0 Å². The molecule has 0 spiro atoms. The number of anilines is 2. The largest absolute Gasteiger partial charge is 0.454 e. The first-order valence-corrected chi connectivity index (χ1v) is 7.89. The van der Waals surface area contributed by atoms with Gasteiger partial charge in [0, 0.05) is 21.9 Å². The molecule has 0 aliphatic carbocycles.